The molecule has 0 rings (SSSR count). The fourth-order valence-corrected chi connectivity index (χ4v) is 0.934. The Labute approximate surface area is 72.2 Å². The van der Waals surface area contributed by atoms with E-state index in [0.29, 0.717) is 19.3 Å². The summed E-state index contributed by atoms with van der Waals surface area (Å²) in [7, 11) is 0. The van der Waals surface area contributed by atoms with Crippen molar-refractivity contribution in [3.05, 3.63) is 0 Å². The van der Waals surface area contributed by atoms with Crippen LogP contribution >= 0.6 is 0 Å². The highest BCUT2D eigenvalue weighted by Crippen LogP contribution is 2.24. The second-order valence-electron chi connectivity index (χ2n) is 3.12. The predicted molar refractivity (Wildman–Crippen MR) is 44.4 cm³/mol. The largest absolute Gasteiger partial charge is 0.300 e. The Kier molecular flexibility index (Phi) is 5.02. The average molecular weight is 178 g/mol. The Morgan fingerprint density at radius 1 is 1.33 bits per heavy atom. The molecule has 0 atom stereocenters. The number of carbonyl (C=O) groups excluding carboxylic acids is 1. The van der Waals surface area contributed by atoms with Crippen molar-refractivity contribution >= 4 is 5.78 Å². The maximum Gasteiger partial charge on any atom is 0.247 e. The van der Waals surface area contributed by atoms with Gasteiger partial charge in [0, 0.05) is 19.3 Å². The van der Waals surface area contributed by atoms with E-state index in [-0.39, 0.29) is 18.6 Å². The Hall–Kier alpha value is -0.470. The van der Waals surface area contributed by atoms with Gasteiger partial charge in [-0.3, -0.25) is 0 Å². The molecule has 0 fully saturated rings. The molecule has 0 aliphatic carbocycles. The number of unbranched alkanes of at least 4 members (excludes halogenated alkanes) is 1. The summed E-state index contributed by atoms with van der Waals surface area (Å²) in [6.45, 7) is 2.96. The SMILES string of the molecule is CCC(F)(F)CCCCC(C)=O. The molecule has 0 radical (unpaired) electrons. The van der Waals surface area contributed by atoms with Crippen LogP contribution in [-0.4, -0.2) is 11.7 Å². The highest BCUT2D eigenvalue weighted by atomic mass is 19.3. The van der Waals surface area contributed by atoms with Crippen molar-refractivity contribution in [2.45, 2.75) is 51.9 Å². The molecule has 0 aliphatic heterocycles. The maximum absolute atomic E-state index is 12.6. The van der Waals surface area contributed by atoms with E-state index in [4.69, 9.17) is 0 Å². The lowest BCUT2D eigenvalue weighted by atomic mass is 10.1. The molecule has 0 spiro atoms. The highest BCUT2D eigenvalue weighted by Gasteiger charge is 2.24. The topological polar surface area (TPSA) is 17.1 Å². The fourth-order valence-electron chi connectivity index (χ4n) is 0.934. The Morgan fingerprint density at radius 2 is 1.92 bits per heavy atom. The zero-order valence-corrected chi connectivity index (χ0v) is 7.70. The molecule has 0 saturated carbocycles. The van der Waals surface area contributed by atoms with Gasteiger partial charge in [0.25, 0.3) is 0 Å². The summed E-state index contributed by atoms with van der Waals surface area (Å²) in [5.74, 6) is -2.45. The van der Waals surface area contributed by atoms with Crippen molar-refractivity contribution in [2.24, 2.45) is 0 Å². The van der Waals surface area contributed by atoms with Crippen molar-refractivity contribution in [3.8, 4) is 0 Å². The molecule has 0 saturated heterocycles. The first-order valence-electron chi connectivity index (χ1n) is 4.35. The van der Waals surface area contributed by atoms with Crippen LogP contribution in [0.25, 0.3) is 0 Å². The third-order valence-electron chi connectivity index (χ3n) is 1.84. The normalized spacial score (nSPS) is 11.7. The van der Waals surface area contributed by atoms with E-state index in [0.717, 1.165) is 0 Å². The molecule has 0 aromatic heterocycles. The van der Waals surface area contributed by atoms with E-state index in [1.165, 1.54) is 13.8 Å². The third-order valence-corrected chi connectivity index (χ3v) is 1.84. The summed E-state index contributed by atoms with van der Waals surface area (Å²) >= 11 is 0. The van der Waals surface area contributed by atoms with E-state index in [1.54, 1.807) is 0 Å². The summed E-state index contributed by atoms with van der Waals surface area (Å²) in [5, 5.41) is 0. The summed E-state index contributed by atoms with van der Waals surface area (Å²) in [6, 6.07) is 0. The van der Waals surface area contributed by atoms with Crippen LogP contribution < -0.4 is 0 Å². The van der Waals surface area contributed by atoms with E-state index in [9.17, 15) is 13.6 Å². The number of ketones is 1. The van der Waals surface area contributed by atoms with Crippen LogP contribution in [0.5, 0.6) is 0 Å². The van der Waals surface area contributed by atoms with Gasteiger partial charge in [0.1, 0.15) is 5.78 Å². The summed E-state index contributed by atoms with van der Waals surface area (Å²) in [5.41, 5.74) is 0. The van der Waals surface area contributed by atoms with Gasteiger partial charge in [0.15, 0.2) is 0 Å². The second kappa shape index (κ2) is 5.22. The van der Waals surface area contributed by atoms with E-state index in [2.05, 4.69) is 0 Å². The molecule has 72 valence electrons. The first-order valence-corrected chi connectivity index (χ1v) is 4.35. The standard InChI is InChI=1S/C9H16F2O/c1-3-9(10,11)7-5-4-6-8(2)12/h3-7H2,1-2H3. The average Bonchev–Trinajstić information content (AvgIpc) is 1.98. The van der Waals surface area contributed by atoms with Gasteiger partial charge in [-0.15, -0.1) is 0 Å². The lowest BCUT2D eigenvalue weighted by molar-refractivity contribution is -0.117. The quantitative estimate of drug-likeness (QED) is 0.571. The van der Waals surface area contributed by atoms with Crippen molar-refractivity contribution in [1.82, 2.24) is 0 Å². The molecule has 0 aromatic rings. The van der Waals surface area contributed by atoms with Crippen LogP contribution in [0.1, 0.15) is 46.0 Å². The maximum atomic E-state index is 12.6. The van der Waals surface area contributed by atoms with Crippen LogP contribution in [-0.2, 0) is 4.79 Å². The summed E-state index contributed by atoms with van der Waals surface area (Å²) < 4.78 is 25.2. The van der Waals surface area contributed by atoms with Crippen molar-refractivity contribution in [2.75, 3.05) is 0 Å². The van der Waals surface area contributed by atoms with Gasteiger partial charge in [-0.25, -0.2) is 8.78 Å². The number of alkyl halides is 2. The predicted octanol–water partition coefficient (Wildman–Crippen LogP) is 3.18. The lowest BCUT2D eigenvalue weighted by Crippen LogP contribution is -2.13. The number of carbonyl (C=O) groups is 1. The molecule has 0 bridgehead atoms. The minimum atomic E-state index is -2.53. The van der Waals surface area contributed by atoms with Crippen molar-refractivity contribution < 1.29 is 13.6 Å². The molecule has 0 aliphatic rings. The fraction of sp³-hybridized carbons (Fsp3) is 0.889. The van der Waals surface area contributed by atoms with Crippen molar-refractivity contribution in [1.29, 1.82) is 0 Å². The molecule has 1 nitrogen and oxygen atoms in total. The number of halogens is 2. The van der Waals surface area contributed by atoms with Crippen LogP contribution in [0.15, 0.2) is 0 Å². The van der Waals surface area contributed by atoms with E-state index in [1.807, 2.05) is 0 Å². The second-order valence-corrected chi connectivity index (χ2v) is 3.12. The molecule has 0 amide bonds. The first kappa shape index (κ1) is 11.5. The van der Waals surface area contributed by atoms with Crippen LogP contribution in [0.2, 0.25) is 0 Å². The van der Waals surface area contributed by atoms with Gasteiger partial charge in [-0.1, -0.05) is 6.92 Å². The minimum absolute atomic E-state index is 0.0785. The van der Waals surface area contributed by atoms with Gasteiger partial charge in [-0.2, -0.15) is 0 Å². The smallest absolute Gasteiger partial charge is 0.247 e. The zero-order chi connectivity index (χ0) is 9.61. The molecule has 0 N–H and O–H groups in total. The Bertz CT molecular complexity index is 143. The van der Waals surface area contributed by atoms with Crippen LogP contribution in [0, 0.1) is 0 Å². The summed E-state index contributed by atoms with van der Waals surface area (Å²) in [6.07, 6.45) is 1.27. The highest BCUT2D eigenvalue weighted by molar-refractivity contribution is 5.75. The minimum Gasteiger partial charge on any atom is -0.300 e. The van der Waals surface area contributed by atoms with Gasteiger partial charge >= 0.3 is 0 Å². The lowest BCUT2D eigenvalue weighted by Gasteiger charge is -2.12. The monoisotopic (exact) mass is 178 g/mol. The molecular formula is C9H16F2O. The molecular weight excluding hydrogens is 162 g/mol. The first-order chi connectivity index (χ1) is 5.48. The number of rotatable bonds is 6. The van der Waals surface area contributed by atoms with Gasteiger partial charge in [0.05, 0.1) is 0 Å². The Balaban J connectivity index is 3.37. The number of hydrogen-bond donors (Lipinski definition) is 0. The number of hydrogen-bond acceptors (Lipinski definition) is 1. The van der Waals surface area contributed by atoms with Gasteiger partial charge < -0.3 is 4.79 Å². The zero-order valence-electron chi connectivity index (χ0n) is 7.70. The Morgan fingerprint density at radius 3 is 2.33 bits per heavy atom. The molecule has 0 unspecified atom stereocenters. The van der Waals surface area contributed by atoms with Crippen LogP contribution in [0.3, 0.4) is 0 Å². The molecule has 12 heavy (non-hydrogen) atoms. The summed E-state index contributed by atoms with van der Waals surface area (Å²) in [4.78, 5) is 10.5. The van der Waals surface area contributed by atoms with Gasteiger partial charge in [-0.05, 0) is 19.8 Å². The van der Waals surface area contributed by atoms with E-state index < -0.39 is 5.92 Å². The molecule has 3 heteroatoms. The van der Waals surface area contributed by atoms with Crippen molar-refractivity contribution in [3.63, 3.8) is 0 Å². The molecule has 0 heterocycles. The number of Topliss-reactive ketones (excluding diaryl/α,β-unsaturated/α-hetero) is 1. The molecule has 0 aromatic carbocycles. The third kappa shape index (κ3) is 6.25. The van der Waals surface area contributed by atoms with Crippen LogP contribution in [0.4, 0.5) is 8.78 Å². The van der Waals surface area contributed by atoms with E-state index >= 15 is 0 Å². The van der Waals surface area contributed by atoms with Gasteiger partial charge in [0.2, 0.25) is 5.92 Å².